The van der Waals surface area contributed by atoms with Gasteiger partial charge in [-0.05, 0) is 31.4 Å². The maximum Gasteiger partial charge on any atom is 0.273 e. The predicted octanol–water partition coefficient (Wildman–Crippen LogP) is 3.04. The van der Waals surface area contributed by atoms with E-state index in [1.165, 1.54) is 12.1 Å². The van der Waals surface area contributed by atoms with Crippen LogP contribution in [0.5, 0.6) is 5.75 Å². The van der Waals surface area contributed by atoms with Gasteiger partial charge in [0, 0.05) is 12.0 Å². The van der Waals surface area contributed by atoms with Crippen molar-refractivity contribution in [1.82, 2.24) is 0 Å². The summed E-state index contributed by atoms with van der Waals surface area (Å²) >= 11 is 0. The minimum atomic E-state index is -0.467. The summed E-state index contributed by atoms with van der Waals surface area (Å²) in [4.78, 5) is 22.1. The van der Waals surface area contributed by atoms with Crippen LogP contribution in [0.25, 0.3) is 0 Å². The van der Waals surface area contributed by atoms with Gasteiger partial charge < -0.3 is 4.74 Å². The zero-order valence-corrected chi connectivity index (χ0v) is 10.9. The fourth-order valence-electron chi connectivity index (χ4n) is 2.37. The molecule has 1 aromatic carbocycles. The second-order valence-electron chi connectivity index (χ2n) is 4.94. The number of ketones is 1. The first kappa shape index (κ1) is 13.5. The van der Waals surface area contributed by atoms with Crippen molar-refractivity contribution in [1.29, 1.82) is 0 Å². The van der Waals surface area contributed by atoms with Crippen LogP contribution < -0.4 is 4.74 Å². The van der Waals surface area contributed by atoms with Gasteiger partial charge in [-0.15, -0.1) is 0 Å². The van der Waals surface area contributed by atoms with E-state index in [2.05, 4.69) is 0 Å². The van der Waals surface area contributed by atoms with Crippen LogP contribution in [0.1, 0.15) is 31.2 Å². The normalized spacial score (nSPS) is 15.4. The van der Waals surface area contributed by atoms with E-state index in [1.807, 2.05) is 0 Å². The number of nitrogens with zero attached hydrogens (tertiary/aromatic N) is 1. The van der Waals surface area contributed by atoms with Gasteiger partial charge in [0.15, 0.2) is 5.78 Å². The van der Waals surface area contributed by atoms with E-state index in [1.54, 1.807) is 13.0 Å². The molecule has 0 amide bonds. The first-order chi connectivity index (χ1) is 9.08. The smallest absolute Gasteiger partial charge is 0.273 e. The summed E-state index contributed by atoms with van der Waals surface area (Å²) in [5, 5.41) is 10.7. The van der Waals surface area contributed by atoms with Gasteiger partial charge in [0.1, 0.15) is 12.4 Å². The third-order valence-corrected chi connectivity index (χ3v) is 3.56. The minimum absolute atomic E-state index is 0.00662. The molecule has 1 aliphatic rings. The predicted molar refractivity (Wildman–Crippen MR) is 70.3 cm³/mol. The number of Topliss-reactive ketones (excluding diaryl/α,β-unsaturated/α-hetero) is 1. The molecule has 0 unspecified atom stereocenters. The molecular weight excluding hydrogens is 246 g/mol. The van der Waals surface area contributed by atoms with Gasteiger partial charge in [0.05, 0.1) is 11.0 Å². The van der Waals surface area contributed by atoms with E-state index in [0.717, 1.165) is 31.2 Å². The number of aryl methyl sites for hydroxylation is 1. The Morgan fingerprint density at radius 3 is 2.74 bits per heavy atom. The molecule has 5 nitrogen and oxygen atoms in total. The van der Waals surface area contributed by atoms with Crippen LogP contribution in [0, 0.1) is 23.0 Å². The Morgan fingerprint density at radius 2 is 2.11 bits per heavy atom. The molecule has 0 atom stereocenters. The highest BCUT2D eigenvalue weighted by Gasteiger charge is 2.23. The third-order valence-electron chi connectivity index (χ3n) is 3.56. The number of non-ortho nitro benzene ring substituents is 1. The molecule has 0 spiro atoms. The molecule has 0 radical (unpaired) electrons. The topological polar surface area (TPSA) is 69.4 Å². The maximum absolute atomic E-state index is 11.9. The van der Waals surface area contributed by atoms with Crippen LogP contribution in [0.2, 0.25) is 0 Å². The summed E-state index contributed by atoms with van der Waals surface area (Å²) < 4.78 is 5.45. The number of nitro benzene ring substituents is 1. The summed E-state index contributed by atoms with van der Waals surface area (Å²) in [6, 6.07) is 4.44. The van der Waals surface area contributed by atoms with Crippen molar-refractivity contribution >= 4 is 11.5 Å². The van der Waals surface area contributed by atoms with Crippen molar-refractivity contribution in [3.8, 4) is 5.75 Å². The largest absolute Gasteiger partial charge is 0.485 e. The molecule has 102 valence electrons. The summed E-state index contributed by atoms with van der Waals surface area (Å²) in [5.41, 5.74) is 0.777. The van der Waals surface area contributed by atoms with Crippen LogP contribution in [-0.2, 0) is 4.79 Å². The third kappa shape index (κ3) is 3.30. The number of ether oxygens (including phenoxy) is 1. The van der Waals surface area contributed by atoms with Gasteiger partial charge in [-0.2, -0.15) is 0 Å². The highest BCUT2D eigenvalue weighted by molar-refractivity contribution is 5.82. The number of carbonyl (C=O) groups excluding carboxylic acids is 1. The summed E-state index contributed by atoms with van der Waals surface area (Å²) in [6.45, 7) is 1.81. The SMILES string of the molecule is Cc1ccc([N+](=O)[O-])cc1OCC(=O)C1CCCC1. The monoisotopic (exact) mass is 263 g/mol. The Labute approximate surface area is 111 Å². The van der Waals surface area contributed by atoms with E-state index >= 15 is 0 Å². The van der Waals surface area contributed by atoms with E-state index in [4.69, 9.17) is 4.74 Å². The van der Waals surface area contributed by atoms with Crippen molar-refractivity contribution in [3.63, 3.8) is 0 Å². The van der Waals surface area contributed by atoms with Crippen LogP contribution in [-0.4, -0.2) is 17.3 Å². The lowest BCUT2D eigenvalue weighted by Crippen LogP contribution is -2.19. The average molecular weight is 263 g/mol. The van der Waals surface area contributed by atoms with E-state index < -0.39 is 4.92 Å². The average Bonchev–Trinajstić information content (AvgIpc) is 2.91. The Balaban J connectivity index is 2.00. The molecule has 1 saturated carbocycles. The molecule has 0 saturated heterocycles. The van der Waals surface area contributed by atoms with Gasteiger partial charge in [-0.25, -0.2) is 0 Å². The zero-order valence-electron chi connectivity index (χ0n) is 10.9. The number of hydrogen-bond acceptors (Lipinski definition) is 4. The summed E-state index contributed by atoms with van der Waals surface area (Å²) in [5.74, 6) is 0.628. The van der Waals surface area contributed by atoms with E-state index in [-0.39, 0.29) is 24.0 Å². The van der Waals surface area contributed by atoms with Crippen LogP contribution in [0.3, 0.4) is 0 Å². The number of rotatable bonds is 5. The lowest BCUT2D eigenvalue weighted by Gasteiger charge is -2.11. The molecule has 0 N–H and O–H groups in total. The van der Waals surface area contributed by atoms with Gasteiger partial charge in [0.25, 0.3) is 5.69 Å². The van der Waals surface area contributed by atoms with Crippen molar-refractivity contribution in [3.05, 3.63) is 33.9 Å². The molecule has 5 heteroatoms. The molecule has 1 aromatic rings. The highest BCUT2D eigenvalue weighted by atomic mass is 16.6. The first-order valence-electron chi connectivity index (χ1n) is 6.48. The Morgan fingerprint density at radius 1 is 1.42 bits per heavy atom. The molecule has 1 fully saturated rings. The molecular formula is C14H17NO4. The number of carbonyl (C=O) groups is 1. The molecule has 0 aliphatic heterocycles. The van der Waals surface area contributed by atoms with Gasteiger partial charge in [0.2, 0.25) is 0 Å². The Bertz CT molecular complexity index is 492. The van der Waals surface area contributed by atoms with Crippen LogP contribution in [0.4, 0.5) is 5.69 Å². The quantitative estimate of drug-likeness (QED) is 0.604. The fourth-order valence-corrected chi connectivity index (χ4v) is 2.37. The lowest BCUT2D eigenvalue weighted by molar-refractivity contribution is -0.384. The summed E-state index contributed by atoms with van der Waals surface area (Å²) in [6.07, 6.45) is 4.09. The standard InChI is InChI=1S/C14H17NO4/c1-10-6-7-12(15(17)18)8-14(10)19-9-13(16)11-4-2-3-5-11/h6-8,11H,2-5,9H2,1H3. The molecule has 0 heterocycles. The Kier molecular flexibility index (Phi) is 4.14. The van der Waals surface area contributed by atoms with Crippen molar-refractivity contribution in [2.24, 2.45) is 5.92 Å². The maximum atomic E-state index is 11.9. The van der Waals surface area contributed by atoms with Gasteiger partial charge >= 0.3 is 0 Å². The molecule has 0 aromatic heterocycles. The van der Waals surface area contributed by atoms with Crippen molar-refractivity contribution in [2.75, 3.05) is 6.61 Å². The second kappa shape index (κ2) is 5.82. The van der Waals surface area contributed by atoms with Crippen LogP contribution >= 0.6 is 0 Å². The lowest BCUT2D eigenvalue weighted by atomic mass is 10.0. The fraction of sp³-hybridized carbons (Fsp3) is 0.500. The second-order valence-corrected chi connectivity index (χ2v) is 4.94. The van der Waals surface area contributed by atoms with E-state index in [0.29, 0.717) is 5.75 Å². The minimum Gasteiger partial charge on any atom is -0.485 e. The number of nitro groups is 1. The molecule has 2 rings (SSSR count). The summed E-state index contributed by atoms with van der Waals surface area (Å²) in [7, 11) is 0. The molecule has 1 aliphatic carbocycles. The zero-order chi connectivity index (χ0) is 13.8. The van der Waals surface area contributed by atoms with Gasteiger partial charge in [-0.1, -0.05) is 12.8 Å². The number of benzene rings is 1. The van der Waals surface area contributed by atoms with E-state index in [9.17, 15) is 14.9 Å². The highest BCUT2D eigenvalue weighted by Crippen LogP contribution is 2.27. The molecule has 0 bridgehead atoms. The van der Waals surface area contributed by atoms with Crippen molar-refractivity contribution < 1.29 is 14.5 Å². The number of hydrogen-bond donors (Lipinski definition) is 0. The molecule has 19 heavy (non-hydrogen) atoms. The van der Waals surface area contributed by atoms with Crippen molar-refractivity contribution in [2.45, 2.75) is 32.6 Å². The first-order valence-corrected chi connectivity index (χ1v) is 6.48. The Hall–Kier alpha value is -1.91. The van der Waals surface area contributed by atoms with Gasteiger partial charge in [-0.3, -0.25) is 14.9 Å². The van der Waals surface area contributed by atoms with Crippen LogP contribution in [0.15, 0.2) is 18.2 Å².